The van der Waals surface area contributed by atoms with E-state index in [4.69, 9.17) is 0 Å². The summed E-state index contributed by atoms with van der Waals surface area (Å²) in [7, 11) is -2.21. The monoisotopic (exact) mass is 307 g/mol. The van der Waals surface area contributed by atoms with Crippen molar-refractivity contribution >= 4 is 15.7 Å². The van der Waals surface area contributed by atoms with Gasteiger partial charge in [-0.3, -0.25) is 4.31 Å². The Labute approximate surface area is 125 Å². The highest BCUT2D eigenvalue weighted by molar-refractivity contribution is 7.92. The zero-order chi connectivity index (χ0) is 15.8. The highest BCUT2D eigenvalue weighted by Crippen LogP contribution is 2.28. The number of aryl methyl sites for hydroxylation is 3. The summed E-state index contributed by atoms with van der Waals surface area (Å²) in [5.74, 6) is -0.429. The molecule has 0 bridgehead atoms. The molecule has 3 nitrogen and oxygen atoms in total. The van der Waals surface area contributed by atoms with Crippen LogP contribution < -0.4 is 4.31 Å². The maximum absolute atomic E-state index is 13.4. The second-order valence-corrected chi connectivity index (χ2v) is 7.09. The van der Waals surface area contributed by atoms with E-state index < -0.39 is 15.8 Å². The lowest BCUT2D eigenvalue weighted by Gasteiger charge is -2.22. The number of hydrogen-bond donors (Lipinski definition) is 0. The van der Waals surface area contributed by atoms with Crippen molar-refractivity contribution in [3.05, 3.63) is 58.9 Å². The van der Waals surface area contributed by atoms with E-state index >= 15 is 0 Å². The molecule has 21 heavy (non-hydrogen) atoms. The lowest BCUT2D eigenvalue weighted by molar-refractivity contribution is 0.591. The van der Waals surface area contributed by atoms with Crippen molar-refractivity contribution < 1.29 is 12.8 Å². The summed E-state index contributed by atoms with van der Waals surface area (Å²) in [4.78, 5) is 0.160. The van der Waals surface area contributed by atoms with Gasteiger partial charge in [0.1, 0.15) is 5.82 Å². The molecule has 0 spiro atoms. The third-order valence-corrected chi connectivity index (χ3v) is 5.50. The van der Waals surface area contributed by atoms with E-state index in [1.807, 2.05) is 13.0 Å². The molecule has 0 unspecified atom stereocenters. The van der Waals surface area contributed by atoms with Crippen LogP contribution in [0.3, 0.4) is 0 Å². The minimum Gasteiger partial charge on any atom is -0.269 e. The lowest BCUT2D eigenvalue weighted by atomic mass is 10.1. The number of benzene rings is 2. The molecule has 0 radical (unpaired) electrons. The average Bonchev–Trinajstić information content (AvgIpc) is 2.36. The molecular formula is C16H18FNO2S. The van der Waals surface area contributed by atoms with Crippen molar-refractivity contribution in [2.45, 2.75) is 25.7 Å². The first kappa shape index (κ1) is 15.5. The van der Waals surface area contributed by atoms with E-state index in [-0.39, 0.29) is 4.90 Å². The quantitative estimate of drug-likeness (QED) is 0.869. The van der Waals surface area contributed by atoms with Crippen LogP contribution in [0, 0.1) is 26.6 Å². The number of sulfonamides is 1. The second-order valence-electron chi connectivity index (χ2n) is 5.18. The van der Waals surface area contributed by atoms with Gasteiger partial charge >= 0.3 is 0 Å². The predicted octanol–water partition coefficient (Wildman–Crippen LogP) is 3.58. The Morgan fingerprint density at radius 2 is 1.57 bits per heavy atom. The van der Waals surface area contributed by atoms with Crippen molar-refractivity contribution in [1.29, 1.82) is 0 Å². The Bertz CT molecular complexity index is 762. The molecule has 0 fully saturated rings. The second kappa shape index (κ2) is 5.48. The van der Waals surface area contributed by atoms with Crippen LogP contribution >= 0.6 is 0 Å². The Balaban J connectivity index is 2.57. The van der Waals surface area contributed by atoms with E-state index in [1.165, 1.54) is 23.5 Å². The van der Waals surface area contributed by atoms with Gasteiger partial charge in [0.25, 0.3) is 10.0 Å². The van der Waals surface area contributed by atoms with Crippen LogP contribution in [0.2, 0.25) is 0 Å². The van der Waals surface area contributed by atoms with Gasteiger partial charge in [-0.1, -0.05) is 12.1 Å². The largest absolute Gasteiger partial charge is 0.269 e. The molecule has 0 aliphatic rings. The van der Waals surface area contributed by atoms with Crippen LogP contribution in [0.5, 0.6) is 0 Å². The van der Waals surface area contributed by atoms with Gasteiger partial charge in [0.2, 0.25) is 0 Å². The molecule has 2 rings (SSSR count). The molecule has 0 amide bonds. The smallest absolute Gasteiger partial charge is 0.264 e. The molecular weight excluding hydrogens is 289 g/mol. The zero-order valence-electron chi connectivity index (χ0n) is 12.5. The molecule has 112 valence electrons. The maximum atomic E-state index is 13.4. The van der Waals surface area contributed by atoms with Crippen molar-refractivity contribution in [3.8, 4) is 0 Å². The van der Waals surface area contributed by atoms with Gasteiger partial charge in [-0.05, 0) is 61.7 Å². The minimum absolute atomic E-state index is 0.160. The summed E-state index contributed by atoms with van der Waals surface area (Å²) in [6.07, 6.45) is 0. The van der Waals surface area contributed by atoms with Crippen LogP contribution in [0.4, 0.5) is 10.1 Å². The van der Waals surface area contributed by atoms with Gasteiger partial charge in [0.05, 0.1) is 10.6 Å². The topological polar surface area (TPSA) is 37.4 Å². The predicted molar refractivity (Wildman–Crippen MR) is 82.6 cm³/mol. The van der Waals surface area contributed by atoms with Crippen LogP contribution in [-0.4, -0.2) is 15.5 Å². The van der Waals surface area contributed by atoms with Crippen molar-refractivity contribution in [1.82, 2.24) is 0 Å². The fraction of sp³-hybridized carbons (Fsp3) is 0.250. The van der Waals surface area contributed by atoms with E-state index in [9.17, 15) is 12.8 Å². The molecule has 0 aliphatic heterocycles. The van der Waals surface area contributed by atoms with Crippen molar-refractivity contribution in [2.24, 2.45) is 0 Å². The average molecular weight is 307 g/mol. The van der Waals surface area contributed by atoms with Crippen LogP contribution in [-0.2, 0) is 10.0 Å². The van der Waals surface area contributed by atoms with Crippen LogP contribution in [0.25, 0.3) is 0 Å². The van der Waals surface area contributed by atoms with Gasteiger partial charge in [-0.25, -0.2) is 12.8 Å². The molecule has 0 saturated carbocycles. The maximum Gasteiger partial charge on any atom is 0.264 e. The Morgan fingerprint density at radius 3 is 2.10 bits per heavy atom. The minimum atomic E-state index is -3.72. The van der Waals surface area contributed by atoms with Gasteiger partial charge in [-0.2, -0.15) is 0 Å². The molecule has 2 aromatic rings. The van der Waals surface area contributed by atoms with E-state index in [0.717, 1.165) is 5.56 Å². The van der Waals surface area contributed by atoms with Crippen LogP contribution in [0.15, 0.2) is 41.3 Å². The third-order valence-electron chi connectivity index (χ3n) is 3.41. The van der Waals surface area contributed by atoms with Gasteiger partial charge in [0, 0.05) is 7.05 Å². The standard InChI is InChI=1S/C16H18FNO2S/c1-11-6-5-7-15(8-11)18(4)21(19,20)16-12(2)9-14(17)10-13(16)3/h5-10H,1-4H3. The van der Waals surface area contributed by atoms with Gasteiger partial charge < -0.3 is 0 Å². The van der Waals surface area contributed by atoms with Crippen molar-refractivity contribution in [2.75, 3.05) is 11.4 Å². The number of nitrogens with zero attached hydrogens (tertiary/aromatic N) is 1. The Morgan fingerprint density at radius 1 is 1.00 bits per heavy atom. The summed E-state index contributed by atoms with van der Waals surface area (Å²) in [5.41, 5.74) is 2.37. The Hall–Kier alpha value is -1.88. The Kier molecular flexibility index (Phi) is 4.05. The SMILES string of the molecule is Cc1cccc(N(C)S(=O)(=O)c2c(C)cc(F)cc2C)c1. The fourth-order valence-corrected chi connectivity index (χ4v) is 4.00. The molecule has 0 saturated heterocycles. The lowest BCUT2D eigenvalue weighted by Crippen LogP contribution is -2.28. The summed E-state index contributed by atoms with van der Waals surface area (Å²) in [6, 6.07) is 9.72. The first-order valence-electron chi connectivity index (χ1n) is 6.56. The first-order chi connectivity index (χ1) is 9.73. The normalized spacial score (nSPS) is 11.5. The number of rotatable bonds is 3. The van der Waals surface area contributed by atoms with E-state index in [0.29, 0.717) is 16.8 Å². The molecule has 0 atom stereocenters. The third kappa shape index (κ3) is 2.93. The number of halogens is 1. The summed E-state index contributed by atoms with van der Waals surface area (Å²) in [5, 5.41) is 0. The summed E-state index contributed by atoms with van der Waals surface area (Å²) < 4.78 is 40.2. The highest BCUT2D eigenvalue weighted by atomic mass is 32.2. The van der Waals surface area contributed by atoms with E-state index in [2.05, 4.69) is 0 Å². The zero-order valence-corrected chi connectivity index (χ0v) is 13.3. The first-order valence-corrected chi connectivity index (χ1v) is 8.00. The molecule has 0 heterocycles. The number of anilines is 1. The van der Waals surface area contributed by atoms with Crippen LogP contribution in [0.1, 0.15) is 16.7 Å². The molecule has 2 aromatic carbocycles. The van der Waals surface area contributed by atoms with Gasteiger partial charge in [0.15, 0.2) is 0 Å². The fourth-order valence-electron chi connectivity index (χ4n) is 2.40. The highest BCUT2D eigenvalue weighted by Gasteiger charge is 2.25. The van der Waals surface area contributed by atoms with E-state index in [1.54, 1.807) is 32.0 Å². The van der Waals surface area contributed by atoms with Crippen molar-refractivity contribution in [3.63, 3.8) is 0 Å². The molecule has 5 heteroatoms. The van der Waals surface area contributed by atoms with Gasteiger partial charge in [-0.15, -0.1) is 0 Å². The molecule has 0 aromatic heterocycles. The summed E-state index contributed by atoms with van der Waals surface area (Å²) in [6.45, 7) is 5.11. The number of hydrogen-bond acceptors (Lipinski definition) is 2. The molecule has 0 N–H and O–H groups in total. The molecule has 0 aliphatic carbocycles. The summed E-state index contributed by atoms with van der Waals surface area (Å²) >= 11 is 0.